The minimum Gasteiger partial charge on any atom is -0.462 e. The van der Waals surface area contributed by atoms with Gasteiger partial charge < -0.3 is 14.8 Å². The first-order valence-corrected chi connectivity index (χ1v) is 10.5. The molecular formula is C25H19ClN2O5. The molecule has 4 rings (SSSR count). The summed E-state index contributed by atoms with van der Waals surface area (Å²) >= 11 is 6.21. The number of carbonyl (C=O) groups is 3. The van der Waals surface area contributed by atoms with Gasteiger partial charge in [-0.3, -0.25) is 9.59 Å². The van der Waals surface area contributed by atoms with Gasteiger partial charge in [0.1, 0.15) is 22.2 Å². The Labute approximate surface area is 195 Å². The molecule has 0 unspecified atom stereocenters. The third-order valence-corrected chi connectivity index (χ3v) is 5.12. The summed E-state index contributed by atoms with van der Waals surface area (Å²) in [4.78, 5) is 39.1. The molecule has 1 N–H and O–H groups in total. The van der Waals surface area contributed by atoms with Crippen molar-refractivity contribution in [2.75, 3.05) is 16.8 Å². The molecule has 33 heavy (non-hydrogen) atoms. The fourth-order valence-corrected chi connectivity index (χ4v) is 3.47. The van der Waals surface area contributed by atoms with E-state index in [1.807, 2.05) is 30.3 Å². The van der Waals surface area contributed by atoms with Crippen molar-refractivity contribution < 1.29 is 23.9 Å². The molecule has 0 spiro atoms. The predicted octanol–water partition coefficient (Wildman–Crippen LogP) is 5.09. The van der Waals surface area contributed by atoms with Crippen LogP contribution >= 0.6 is 11.6 Å². The maximum Gasteiger partial charge on any atom is 0.340 e. The number of amides is 2. The third kappa shape index (κ3) is 4.58. The summed E-state index contributed by atoms with van der Waals surface area (Å²) in [5, 5.41) is 2.62. The van der Waals surface area contributed by atoms with E-state index >= 15 is 0 Å². The molecule has 1 aliphatic heterocycles. The van der Waals surface area contributed by atoms with Crippen molar-refractivity contribution in [1.29, 1.82) is 0 Å². The number of nitrogens with zero attached hydrogens (tertiary/aromatic N) is 1. The van der Waals surface area contributed by atoms with Gasteiger partial charge in [0.15, 0.2) is 0 Å². The molecule has 0 radical (unpaired) electrons. The average Bonchev–Trinajstić information content (AvgIpc) is 3.04. The number of hydrogen-bond donors (Lipinski definition) is 1. The Morgan fingerprint density at radius 3 is 2.21 bits per heavy atom. The lowest BCUT2D eigenvalue weighted by atomic mass is 10.1. The van der Waals surface area contributed by atoms with Crippen LogP contribution in [0.5, 0.6) is 11.5 Å². The molecule has 0 bridgehead atoms. The van der Waals surface area contributed by atoms with Crippen molar-refractivity contribution in [2.24, 2.45) is 0 Å². The molecule has 3 aromatic rings. The number of carbonyl (C=O) groups excluding carboxylic acids is 3. The Hall–Kier alpha value is -4.10. The zero-order valence-corrected chi connectivity index (χ0v) is 18.3. The van der Waals surface area contributed by atoms with Gasteiger partial charge in [0.05, 0.1) is 17.9 Å². The van der Waals surface area contributed by atoms with Crippen molar-refractivity contribution in [1.82, 2.24) is 0 Å². The van der Waals surface area contributed by atoms with Crippen LogP contribution in [0.15, 0.2) is 89.6 Å². The van der Waals surface area contributed by atoms with Gasteiger partial charge in [0.2, 0.25) is 0 Å². The fourth-order valence-electron chi connectivity index (χ4n) is 3.26. The van der Waals surface area contributed by atoms with Crippen LogP contribution < -0.4 is 15.0 Å². The van der Waals surface area contributed by atoms with Gasteiger partial charge in [-0.1, -0.05) is 41.9 Å². The molecule has 166 valence electrons. The minimum atomic E-state index is -0.732. The number of anilines is 2. The van der Waals surface area contributed by atoms with E-state index in [1.165, 1.54) is 12.1 Å². The highest BCUT2D eigenvalue weighted by Crippen LogP contribution is 2.33. The van der Waals surface area contributed by atoms with Gasteiger partial charge in [-0.25, -0.2) is 9.69 Å². The molecule has 7 nitrogen and oxygen atoms in total. The summed E-state index contributed by atoms with van der Waals surface area (Å²) in [6.45, 7) is 1.83. The lowest BCUT2D eigenvalue weighted by Crippen LogP contribution is -2.33. The third-order valence-electron chi connectivity index (χ3n) is 4.77. The lowest BCUT2D eigenvalue weighted by Gasteiger charge is -2.18. The van der Waals surface area contributed by atoms with E-state index in [2.05, 4.69) is 5.32 Å². The molecule has 0 saturated heterocycles. The molecule has 1 aliphatic rings. The van der Waals surface area contributed by atoms with Gasteiger partial charge in [-0.15, -0.1) is 0 Å². The highest BCUT2D eigenvalue weighted by molar-refractivity contribution is 6.53. The first-order chi connectivity index (χ1) is 16.0. The molecular weight excluding hydrogens is 444 g/mol. The first kappa shape index (κ1) is 22.1. The maximum absolute atomic E-state index is 13.1. The van der Waals surface area contributed by atoms with Gasteiger partial charge in [-0.05, 0) is 55.5 Å². The molecule has 2 amide bonds. The van der Waals surface area contributed by atoms with Crippen LogP contribution in [0.25, 0.3) is 0 Å². The van der Waals surface area contributed by atoms with E-state index in [-0.39, 0.29) is 28.6 Å². The second-order valence-corrected chi connectivity index (χ2v) is 7.31. The normalized spacial score (nSPS) is 13.3. The SMILES string of the molecule is CCOC(=O)c1ccccc1N1C(=O)C(Cl)=C(Nc2ccc(Oc3ccccc3)cc2)C1=O. The summed E-state index contributed by atoms with van der Waals surface area (Å²) < 4.78 is 10.8. The molecule has 0 atom stereocenters. The summed E-state index contributed by atoms with van der Waals surface area (Å²) in [5.41, 5.74) is 0.643. The topological polar surface area (TPSA) is 84.9 Å². The first-order valence-electron chi connectivity index (χ1n) is 10.1. The lowest BCUT2D eigenvalue weighted by molar-refractivity contribution is -0.120. The Morgan fingerprint density at radius 1 is 0.879 bits per heavy atom. The number of ether oxygens (including phenoxy) is 2. The van der Waals surface area contributed by atoms with Crippen molar-refractivity contribution >= 4 is 40.8 Å². The van der Waals surface area contributed by atoms with Gasteiger partial charge in [-0.2, -0.15) is 0 Å². The maximum atomic E-state index is 13.1. The number of esters is 1. The fraction of sp³-hybridized carbons (Fsp3) is 0.0800. The van der Waals surface area contributed by atoms with E-state index in [4.69, 9.17) is 21.1 Å². The standard InChI is InChI=1S/C25H19ClN2O5/c1-2-32-25(31)19-10-6-7-11-20(19)28-23(29)21(26)22(24(28)30)27-16-12-14-18(15-13-16)33-17-8-4-3-5-9-17/h3-15,27H,2H2,1H3. The van der Waals surface area contributed by atoms with Gasteiger partial charge >= 0.3 is 5.97 Å². The summed E-state index contributed by atoms with van der Waals surface area (Å²) in [6, 6.07) is 22.3. The highest BCUT2D eigenvalue weighted by Gasteiger charge is 2.40. The van der Waals surface area contributed by atoms with Crippen LogP contribution in [0.1, 0.15) is 17.3 Å². The van der Waals surface area contributed by atoms with Crippen LogP contribution in [0, 0.1) is 0 Å². The average molecular weight is 463 g/mol. The summed E-state index contributed by atoms with van der Waals surface area (Å²) in [5.74, 6) is -0.751. The Bertz CT molecular complexity index is 1240. The van der Waals surface area contributed by atoms with Crippen molar-refractivity contribution in [3.8, 4) is 11.5 Å². The van der Waals surface area contributed by atoms with Gasteiger partial charge in [0.25, 0.3) is 11.8 Å². The number of imide groups is 1. The number of benzene rings is 3. The van der Waals surface area contributed by atoms with Crippen LogP contribution in [-0.4, -0.2) is 24.4 Å². The smallest absolute Gasteiger partial charge is 0.340 e. The molecule has 3 aromatic carbocycles. The number of halogens is 1. The highest BCUT2D eigenvalue weighted by atomic mass is 35.5. The number of hydrogen-bond acceptors (Lipinski definition) is 6. The van der Waals surface area contributed by atoms with Crippen LogP contribution in [0.4, 0.5) is 11.4 Å². The quantitative estimate of drug-likeness (QED) is 0.389. The summed E-state index contributed by atoms with van der Waals surface area (Å²) in [7, 11) is 0. The molecule has 0 aromatic heterocycles. The second kappa shape index (κ2) is 9.58. The molecule has 0 fully saturated rings. The molecule has 1 heterocycles. The Morgan fingerprint density at radius 2 is 1.52 bits per heavy atom. The summed E-state index contributed by atoms with van der Waals surface area (Å²) in [6.07, 6.45) is 0. The monoisotopic (exact) mass is 462 g/mol. The van der Waals surface area contributed by atoms with Crippen LogP contribution in [0.2, 0.25) is 0 Å². The number of para-hydroxylation sites is 2. The minimum absolute atomic E-state index is 0.0861. The molecule has 0 saturated carbocycles. The van der Waals surface area contributed by atoms with Crippen molar-refractivity contribution in [2.45, 2.75) is 6.92 Å². The van der Waals surface area contributed by atoms with Crippen molar-refractivity contribution in [3.05, 3.63) is 95.2 Å². The van der Waals surface area contributed by atoms with Crippen LogP contribution in [-0.2, 0) is 14.3 Å². The van der Waals surface area contributed by atoms with E-state index in [1.54, 1.807) is 43.3 Å². The van der Waals surface area contributed by atoms with Crippen LogP contribution in [0.3, 0.4) is 0 Å². The van der Waals surface area contributed by atoms with E-state index in [9.17, 15) is 14.4 Å². The largest absolute Gasteiger partial charge is 0.462 e. The van der Waals surface area contributed by atoms with E-state index in [0.717, 1.165) is 4.90 Å². The zero-order valence-electron chi connectivity index (χ0n) is 17.6. The van der Waals surface area contributed by atoms with E-state index in [0.29, 0.717) is 17.2 Å². The molecule has 8 heteroatoms. The van der Waals surface area contributed by atoms with E-state index < -0.39 is 17.8 Å². The Balaban J connectivity index is 1.54. The second-order valence-electron chi connectivity index (χ2n) is 6.94. The molecule has 0 aliphatic carbocycles. The Kier molecular flexibility index (Phi) is 6.42. The van der Waals surface area contributed by atoms with Gasteiger partial charge in [0, 0.05) is 5.69 Å². The predicted molar refractivity (Wildman–Crippen MR) is 124 cm³/mol. The number of rotatable bonds is 7. The number of nitrogens with one attached hydrogen (secondary N) is 1. The zero-order chi connectivity index (χ0) is 23.4. The van der Waals surface area contributed by atoms with Crippen molar-refractivity contribution in [3.63, 3.8) is 0 Å².